The average molecular weight is 737 g/mol. The average Bonchev–Trinajstić information content (AvgIpc) is 3.27. The summed E-state index contributed by atoms with van der Waals surface area (Å²) in [5, 5.41) is 4.67. The molecule has 0 aromatic heterocycles. The summed E-state index contributed by atoms with van der Waals surface area (Å²) in [4.78, 5) is 32.7. The molecule has 0 radical (unpaired) electrons. The Balaban J connectivity index is 1.47. The second-order valence-electron chi connectivity index (χ2n) is 10.6. The molecule has 238 valence electrons. The van der Waals surface area contributed by atoms with Gasteiger partial charge < -0.3 is 10.1 Å². The van der Waals surface area contributed by atoms with Crippen molar-refractivity contribution in [1.29, 1.82) is 0 Å². The largest absolute Gasteiger partial charge is 0.481 e. The number of amidine groups is 1. The first-order valence-electron chi connectivity index (χ1n) is 13.9. The molecule has 1 aliphatic rings. The Hall–Kier alpha value is -3.11. The number of ether oxygens (including phenoxy) is 1. The number of carbonyl (C=O) groups is 2. The molecule has 2 amide bonds. The molecule has 1 heterocycles. The van der Waals surface area contributed by atoms with Crippen LogP contribution in [-0.4, -0.2) is 29.0 Å². The number of carbonyl (C=O) groups excluding carboxylic acids is 2. The van der Waals surface area contributed by atoms with Crippen LogP contribution >= 0.6 is 69.8 Å². The number of thioether (sulfide) groups is 1. The molecule has 0 aliphatic carbocycles. The molecule has 0 spiro atoms. The summed E-state index contributed by atoms with van der Waals surface area (Å²) < 4.78 is 5.97. The fraction of sp³-hybridized carbons (Fsp3) is 0.182. The summed E-state index contributed by atoms with van der Waals surface area (Å²) in [6, 6.07) is 19.2. The standard InChI is InChI=1S/C33H27Cl5N4O3S/c1-16-9-10-27(18(3)11-16)45-19(4)32(43)40-25-7-5-6-8-28(25)46-30-31(39-26-12-17(2)21(35)15-22(26)36)41-42(33(30)44)29-23(37)13-20(34)14-24(29)38/h5-15,19,30H,1-4H3,(H,39,41)(H,40,43). The number of benzene rings is 4. The third kappa shape index (κ3) is 7.54. The highest BCUT2D eigenvalue weighted by atomic mass is 35.5. The summed E-state index contributed by atoms with van der Waals surface area (Å²) in [5.74, 6) is 0.107. The lowest BCUT2D eigenvalue weighted by atomic mass is 10.1. The van der Waals surface area contributed by atoms with Gasteiger partial charge in [-0.3, -0.25) is 15.0 Å². The first-order chi connectivity index (χ1) is 21.8. The van der Waals surface area contributed by atoms with Crippen molar-refractivity contribution < 1.29 is 14.3 Å². The topological polar surface area (TPSA) is 83.0 Å². The molecule has 1 fully saturated rings. The van der Waals surface area contributed by atoms with Gasteiger partial charge in [-0.25, -0.2) is 10.0 Å². The van der Waals surface area contributed by atoms with E-state index in [-0.39, 0.29) is 27.5 Å². The predicted molar refractivity (Wildman–Crippen MR) is 191 cm³/mol. The molecule has 0 bridgehead atoms. The third-order valence-corrected chi connectivity index (χ3v) is 9.76. The van der Waals surface area contributed by atoms with Crippen LogP contribution in [0.4, 0.5) is 17.1 Å². The molecule has 13 heteroatoms. The van der Waals surface area contributed by atoms with Gasteiger partial charge in [-0.15, -0.1) is 11.8 Å². The van der Waals surface area contributed by atoms with E-state index in [4.69, 9.17) is 67.7 Å². The van der Waals surface area contributed by atoms with E-state index in [2.05, 4.69) is 10.7 Å². The van der Waals surface area contributed by atoms with Crippen LogP contribution in [0.25, 0.3) is 0 Å². The van der Waals surface area contributed by atoms with Crippen LogP contribution in [0, 0.1) is 20.8 Å². The van der Waals surface area contributed by atoms with Crippen molar-refractivity contribution in [3.63, 3.8) is 0 Å². The Morgan fingerprint density at radius 1 is 0.913 bits per heavy atom. The van der Waals surface area contributed by atoms with Crippen molar-refractivity contribution >= 4 is 104 Å². The van der Waals surface area contributed by atoms with Gasteiger partial charge in [0.15, 0.2) is 6.10 Å². The van der Waals surface area contributed by atoms with E-state index < -0.39 is 17.3 Å². The molecule has 4 aromatic rings. The molecule has 1 aliphatic heterocycles. The number of rotatable bonds is 8. The van der Waals surface area contributed by atoms with Crippen molar-refractivity contribution in [1.82, 2.24) is 5.43 Å². The Morgan fingerprint density at radius 2 is 1.61 bits per heavy atom. The van der Waals surface area contributed by atoms with Gasteiger partial charge in [0.25, 0.3) is 11.8 Å². The van der Waals surface area contributed by atoms with Gasteiger partial charge in [0.2, 0.25) is 0 Å². The number of anilines is 2. The number of hydrazine groups is 1. The lowest BCUT2D eigenvalue weighted by Crippen LogP contribution is -2.36. The van der Waals surface area contributed by atoms with Crippen LogP contribution in [-0.2, 0) is 9.59 Å². The van der Waals surface area contributed by atoms with E-state index in [0.717, 1.165) is 16.7 Å². The number of halogens is 5. The first kappa shape index (κ1) is 34.2. The maximum Gasteiger partial charge on any atom is 0.267 e. The number of hydrogen-bond acceptors (Lipinski definition) is 5. The van der Waals surface area contributed by atoms with Crippen LogP contribution in [0.2, 0.25) is 25.1 Å². The van der Waals surface area contributed by atoms with E-state index in [1.54, 1.807) is 43.3 Å². The number of amides is 2. The molecule has 1 saturated heterocycles. The number of hydrogen-bond donors (Lipinski definition) is 2. The Labute approximate surface area is 296 Å². The van der Waals surface area contributed by atoms with Crippen molar-refractivity contribution in [2.75, 3.05) is 10.3 Å². The predicted octanol–water partition coefficient (Wildman–Crippen LogP) is 10.0. The summed E-state index contributed by atoms with van der Waals surface area (Å²) >= 11 is 33.1. The van der Waals surface area contributed by atoms with Crippen LogP contribution in [0.15, 0.2) is 76.6 Å². The van der Waals surface area contributed by atoms with E-state index in [9.17, 15) is 9.59 Å². The fourth-order valence-corrected chi connectivity index (χ4v) is 7.13. The summed E-state index contributed by atoms with van der Waals surface area (Å²) in [6.45, 7) is 7.42. The van der Waals surface area contributed by atoms with Gasteiger partial charge in [0, 0.05) is 14.9 Å². The second-order valence-corrected chi connectivity index (χ2v) is 13.8. The highest BCUT2D eigenvalue weighted by Gasteiger charge is 2.41. The summed E-state index contributed by atoms with van der Waals surface area (Å²) in [6.07, 6.45) is -0.800. The molecule has 5 rings (SSSR count). The second kappa shape index (κ2) is 14.3. The van der Waals surface area contributed by atoms with E-state index in [1.807, 2.05) is 39.0 Å². The molecule has 4 aromatic carbocycles. The van der Waals surface area contributed by atoms with Crippen LogP contribution < -0.4 is 20.5 Å². The molecule has 2 unspecified atom stereocenters. The van der Waals surface area contributed by atoms with Gasteiger partial charge in [0.1, 0.15) is 22.5 Å². The van der Waals surface area contributed by atoms with Gasteiger partial charge in [-0.05, 0) is 81.3 Å². The summed E-state index contributed by atoms with van der Waals surface area (Å²) in [7, 11) is 0. The van der Waals surface area contributed by atoms with Crippen LogP contribution in [0.1, 0.15) is 23.6 Å². The molecule has 0 saturated carbocycles. The lowest BCUT2D eigenvalue weighted by molar-refractivity contribution is -0.122. The Kier molecular flexibility index (Phi) is 10.7. The third-order valence-electron chi connectivity index (χ3n) is 6.99. The SMILES string of the molecule is Cc1ccc(OC(C)C(=O)Nc2ccccc2SC2C(=O)N(c3c(Cl)cc(Cl)cc3Cl)NC2=Nc2cc(C)c(Cl)cc2Cl)c(C)c1. The zero-order chi connectivity index (χ0) is 33.3. The Morgan fingerprint density at radius 3 is 2.30 bits per heavy atom. The number of para-hydroxylation sites is 1. The van der Waals surface area contributed by atoms with E-state index in [0.29, 0.717) is 37.1 Å². The minimum atomic E-state index is -0.920. The van der Waals surface area contributed by atoms with Crippen LogP contribution in [0.5, 0.6) is 5.75 Å². The molecule has 2 N–H and O–H groups in total. The maximum absolute atomic E-state index is 14.1. The van der Waals surface area contributed by atoms with Crippen molar-refractivity contribution in [3.8, 4) is 5.75 Å². The number of aliphatic imine (C=N–C) groups is 1. The molecular formula is C33H27Cl5N4O3S. The molecule has 46 heavy (non-hydrogen) atoms. The number of nitrogens with one attached hydrogen (secondary N) is 2. The van der Waals surface area contributed by atoms with Gasteiger partial charge in [-0.2, -0.15) is 0 Å². The quantitative estimate of drug-likeness (QED) is 0.188. The van der Waals surface area contributed by atoms with E-state index >= 15 is 0 Å². The molecule has 7 nitrogen and oxygen atoms in total. The number of nitrogens with zero attached hydrogens (tertiary/aromatic N) is 2. The lowest BCUT2D eigenvalue weighted by Gasteiger charge is -2.19. The monoisotopic (exact) mass is 734 g/mol. The van der Waals surface area contributed by atoms with Crippen molar-refractivity contribution in [2.24, 2.45) is 4.99 Å². The molecular weight excluding hydrogens is 710 g/mol. The number of aryl methyl sites for hydroxylation is 3. The van der Waals surface area contributed by atoms with Gasteiger partial charge in [0.05, 0.1) is 26.4 Å². The normalized spacial score (nSPS) is 16.0. The fourth-order valence-electron chi connectivity index (χ4n) is 4.63. The zero-order valence-electron chi connectivity index (χ0n) is 24.9. The zero-order valence-corrected chi connectivity index (χ0v) is 29.5. The molecule has 2 atom stereocenters. The van der Waals surface area contributed by atoms with Gasteiger partial charge in [-0.1, -0.05) is 87.8 Å². The summed E-state index contributed by atoms with van der Waals surface area (Å²) in [5.41, 5.74) is 6.94. The maximum atomic E-state index is 14.1. The minimum absolute atomic E-state index is 0.161. The van der Waals surface area contributed by atoms with Crippen molar-refractivity contribution in [3.05, 3.63) is 109 Å². The Bertz CT molecular complexity index is 1860. The first-order valence-corrected chi connectivity index (χ1v) is 16.7. The highest BCUT2D eigenvalue weighted by molar-refractivity contribution is 8.01. The smallest absolute Gasteiger partial charge is 0.267 e. The van der Waals surface area contributed by atoms with E-state index in [1.165, 1.54) is 28.9 Å². The highest BCUT2D eigenvalue weighted by Crippen LogP contribution is 2.41. The van der Waals surface area contributed by atoms with Crippen LogP contribution in [0.3, 0.4) is 0 Å². The van der Waals surface area contributed by atoms with Crippen molar-refractivity contribution in [2.45, 2.75) is 43.9 Å². The minimum Gasteiger partial charge on any atom is -0.481 e. The van der Waals surface area contributed by atoms with Gasteiger partial charge >= 0.3 is 0 Å².